The van der Waals surface area contributed by atoms with Crippen LogP contribution in [0.25, 0.3) is 0 Å². The van der Waals surface area contributed by atoms with E-state index in [4.69, 9.17) is 4.74 Å². The Labute approximate surface area is 178 Å². The van der Waals surface area contributed by atoms with Crippen molar-refractivity contribution in [1.82, 2.24) is 4.90 Å². The molecular formula is C26H43NO2. The molecule has 4 rings (SSSR count). The van der Waals surface area contributed by atoms with Crippen LogP contribution in [-0.4, -0.2) is 35.1 Å². The molecule has 4 fully saturated rings. The first-order chi connectivity index (χ1) is 14.1. The Hall–Kier alpha value is -0.830. The molecule has 0 aromatic carbocycles. The molecule has 0 saturated heterocycles. The number of esters is 1. The molecule has 0 radical (unpaired) electrons. The van der Waals surface area contributed by atoms with E-state index in [2.05, 4.69) is 18.4 Å². The lowest BCUT2D eigenvalue weighted by Crippen LogP contribution is -2.54. The van der Waals surface area contributed by atoms with Gasteiger partial charge < -0.3 is 4.74 Å². The third-order valence-corrected chi connectivity index (χ3v) is 8.86. The van der Waals surface area contributed by atoms with Crippen molar-refractivity contribution in [3.8, 4) is 0 Å². The molecule has 3 heteroatoms. The summed E-state index contributed by atoms with van der Waals surface area (Å²) >= 11 is 0. The minimum atomic E-state index is -0.248. The number of carbonyl (C=O) groups is 1. The first kappa shape index (κ1) is 21.4. The minimum Gasteiger partial charge on any atom is -0.459 e. The fourth-order valence-corrected chi connectivity index (χ4v) is 7.23. The summed E-state index contributed by atoms with van der Waals surface area (Å²) in [5.41, 5.74) is 0. The Morgan fingerprint density at radius 1 is 0.793 bits per heavy atom. The topological polar surface area (TPSA) is 29.5 Å². The van der Waals surface area contributed by atoms with E-state index in [0.717, 1.165) is 42.7 Å². The van der Waals surface area contributed by atoms with Gasteiger partial charge >= 0.3 is 5.97 Å². The second kappa shape index (κ2) is 9.98. The molecule has 0 aromatic heterocycles. The van der Waals surface area contributed by atoms with E-state index in [1.165, 1.54) is 89.5 Å². The van der Waals surface area contributed by atoms with Crippen molar-refractivity contribution in [2.75, 3.05) is 0 Å². The summed E-state index contributed by atoms with van der Waals surface area (Å²) in [6.45, 7) is 5.99. The molecule has 4 aliphatic carbocycles. The summed E-state index contributed by atoms with van der Waals surface area (Å²) in [6.07, 6.45) is 21.8. The number of fused-ring (bicyclic) bond motifs is 1. The van der Waals surface area contributed by atoms with E-state index in [9.17, 15) is 4.79 Å². The lowest BCUT2D eigenvalue weighted by Gasteiger charge is -2.51. The van der Waals surface area contributed by atoms with Gasteiger partial charge in [-0.05, 0) is 88.4 Å². The van der Waals surface area contributed by atoms with E-state index in [-0.39, 0.29) is 12.1 Å². The van der Waals surface area contributed by atoms with Crippen LogP contribution in [-0.2, 0) is 9.53 Å². The summed E-state index contributed by atoms with van der Waals surface area (Å²) in [6, 6.07) is 2.32. The van der Waals surface area contributed by atoms with Crippen molar-refractivity contribution in [2.24, 2.45) is 17.8 Å². The first-order valence-electron chi connectivity index (χ1n) is 12.7. The Morgan fingerprint density at radius 3 is 2.03 bits per heavy atom. The van der Waals surface area contributed by atoms with Crippen LogP contribution in [0.15, 0.2) is 12.7 Å². The van der Waals surface area contributed by atoms with Gasteiger partial charge in [0.05, 0.1) is 0 Å². The number of ether oxygens (including phenoxy) is 1. The van der Waals surface area contributed by atoms with Gasteiger partial charge in [-0.15, -0.1) is 0 Å². The number of hydrogen-bond acceptors (Lipinski definition) is 3. The second-order valence-corrected chi connectivity index (χ2v) is 10.7. The van der Waals surface area contributed by atoms with Crippen molar-refractivity contribution >= 4 is 5.97 Å². The Kier molecular flexibility index (Phi) is 7.37. The molecule has 0 spiro atoms. The average molecular weight is 402 g/mol. The fourth-order valence-electron chi connectivity index (χ4n) is 7.23. The molecule has 0 N–H and O–H groups in total. The van der Waals surface area contributed by atoms with Crippen LogP contribution in [0.4, 0.5) is 0 Å². The Balaban J connectivity index is 1.42. The third-order valence-electron chi connectivity index (χ3n) is 8.86. The van der Waals surface area contributed by atoms with Crippen LogP contribution in [0, 0.1) is 17.8 Å². The molecule has 0 aliphatic heterocycles. The molecule has 3 atom stereocenters. The summed E-state index contributed by atoms with van der Waals surface area (Å²) in [7, 11) is 0. The van der Waals surface area contributed by atoms with Gasteiger partial charge in [0.1, 0.15) is 6.10 Å². The van der Waals surface area contributed by atoms with Crippen LogP contribution in [0.5, 0.6) is 0 Å². The predicted molar refractivity (Wildman–Crippen MR) is 119 cm³/mol. The highest BCUT2D eigenvalue weighted by molar-refractivity contribution is 5.81. The maximum Gasteiger partial charge on any atom is 0.330 e. The molecule has 4 saturated carbocycles. The molecule has 4 aliphatic rings. The van der Waals surface area contributed by atoms with Crippen molar-refractivity contribution < 1.29 is 9.53 Å². The van der Waals surface area contributed by atoms with Gasteiger partial charge in [-0.1, -0.05) is 39.2 Å². The quantitative estimate of drug-likeness (QED) is 0.402. The van der Waals surface area contributed by atoms with E-state index in [1.54, 1.807) is 0 Å². The van der Waals surface area contributed by atoms with Gasteiger partial charge in [0, 0.05) is 24.2 Å². The SMILES string of the molecule is C=CC(=O)OC1CCC(N(C2CCC(C)CC2)C2CCC3CCCCC3C2)CC1. The van der Waals surface area contributed by atoms with Crippen LogP contribution < -0.4 is 0 Å². The smallest absolute Gasteiger partial charge is 0.330 e. The summed E-state index contributed by atoms with van der Waals surface area (Å²) in [5, 5.41) is 0. The second-order valence-electron chi connectivity index (χ2n) is 10.7. The lowest BCUT2D eigenvalue weighted by molar-refractivity contribution is -0.145. The van der Waals surface area contributed by atoms with Crippen LogP contribution in [0.2, 0.25) is 0 Å². The van der Waals surface area contributed by atoms with E-state index in [0.29, 0.717) is 6.04 Å². The zero-order valence-electron chi connectivity index (χ0n) is 18.7. The summed E-state index contributed by atoms with van der Waals surface area (Å²) < 4.78 is 5.57. The molecule has 164 valence electrons. The van der Waals surface area contributed by atoms with E-state index >= 15 is 0 Å². The van der Waals surface area contributed by atoms with Crippen molar-refractivity contribution in [2.45, 2.75) is 127 Å². The summed E-state index contributed by atoms with van der Waals surface area (Å²) in [5.74, 6) is 2.69. The predicted octanol–water partition coefficient (Wildman–Crippen LogP) is 6.27. The van der Waals surface area contributed by atoms with Gasteiger partial charge in [-0.3, -0.25) is 4.90 Å². The monoisotopic (exact) mass is 401 g/mol. The first-order valence-corrected chi connectivity index (χ1v) is 12.7. The maximum absolute atomic E-state index is 11.6. The van der Waals surface area contributed by atoms with Gasteiger partial charge in [0.2, 0.25) is 0 Å². The highest BCUT2D eigenvalue weighted by Gasteiger charge is 2.41. The van der Waals surface area contributed by atoms with Gasteiger partial charge in [0.25, 0.3) is 0 Å². The number of carbonyl (C=O) groups excluding carboxylic acids is 1. The van der Waals surface area contributed by atoms with Gasteiger partial charge in [-0.2, -0.15) is 0 Å². The average Bonchev–Trinajstić information content (AvgIpc) is 2.76. The Morgan fingerprint density at radius 2 is 1.38 bits per heavy atom. The van der Waals surface area contributed by atoms with Crippen LogP contribution in [0.1, 0.15) is 103 Å². The van der Waals surface area contributed by atoms with Crippen molar-refractivity contribution in [3.63, 3.8) is 0 Å². The maximum atomic E-state index is 11.6. The molecule has 0 amide bonds. The molecular weight excluding hydrogens is 358 g/mol. The van der Waals surface area contributed by atoms with Gasteiger partial charge in [-0.25, -0.2) is 4.79 Å². The molecule has 3 nitrogen and oxygen atoms in total. The largest absolute Gasteiger partial charge is 0.459 e. The molecule has 0 bridgehead atoms. The normalized spacial score (nSPS) is 40.8. The van der Waals surface area contributed by atoms with Crippen LogP contribution in [0.3, 0.4) is 0 Å². The number of rotatable bonds is 5. The number of hydrogen-bond donors (Lipinski definition) is 0. The van der Waals surface area contributed by atoms with E-state index in [1.807, 2.05) is 0 Å². The Bertz CT molecular complexity index is 545. The fraction of sp³-hybridized carbons (Fsp3) is 0.885. The van der Waals surface area contributed by atoms with E-state index < -0.39 is 0 Å². The molecule has 29 heavy (non-hydrogen) atoms. The highest BCUT2D eigenvalue weighted by Crippen LogP contribution is 2.44. The van der Waals surface area contributed by atoms with Gasteiger partial charge in [0.15, 0.2) is 0 Å². The van der Waals surface area contributed by atoms with Crippen molar-refractivity contribution in [1.29, 1.82) is 0 Å². The lowest BCUT2D eigenvalue weighted by atomic mass is 9.68. The highest BCUT2D eigenvalue weighted by atomic mass is 16.5. The minimum absolute atomic E-state index is 0.110. The molecule has 3 unspecified atom stereocenters. The standard InChI is InChI=1S/C26H43NO2/c1-3-26(28)29-25-16-14-23(15-17-25)27(22-11-8-19(2)9-12-22)24-13-10-20-6-4-5-7-21(20)18-24/h3,19-25H,1,4-18H2,2H3. The molecule has 0 heterocycles. The molecule has 0 aromatic rings. The van der Waals surface area contributed by atoms with Crippen molar-refractivity contribution in [3.05, 3.63) is 12.7 Å². The zero-order valence-corrected chi connectivity index (χ0v) is 18.7. The summed E-state index contributed by atoms with van der Waals surface area (Å²) in [4.78, 5) is 14.6. The number of nitrogens with zero attached hydrogens (tertiary/aromatic N) is 1. The third kappa shape index (κ3) is 5.27. The van der Waals surface area contributed by atoms with Crippen LogP contribution >= 0.6 is 0 Å². The zero-order chi connectivity index (χ0) is 20.2.